The molecule has 1 aromatic rings. The summed E-state index contributed by atoms with van der Waals surface area (Å²) in [5, 5.41) is 3.70. The smallest absolute Gasteiger partial charge is 0.0500 e. The second kappa shape index (κ2) is 4.93. The van der Waals surface area contributed by atoms with E-state index in [0.29, 0.717) is 12.0 Å². The van der Waals surface area contributed by atoms with Gasteiger partial charge in [-0.05, 0) is 43.7 Å². The Morgan fingerprint density at radius 3 is 2.39 bits per heavy atom. The molecule has 0 saturated heterocycles. The van der Waals surface area contributed by atoms with Crippen LogP contribution in [0.5, 0.6) is 0 Å². The molecule has 2 rings (SSSR count). The first-order chi connectivity index (χ1) is 8.45. The maximum atomic E-state index is 6.07. The van der Waals surface area contributed by atoms with E-state index in [4.69, 9.17) is 5.73 Å². The molecule has 0 aliphatic heterocycles. The Morgan fingerprint density at radius 2 is 1.83 bits per heavy atom. The third-order valence-corrected chi connectivity index (χ3v) is 4.18. The summed E-state index contributed by atoms with van der Waals surface area (Å²) in [5.74, 6) is 0. The van der Waals surface area contributed by atoms with E-state index in [2.05, 4.69) is 50.4 Å². The number of rotatable bonds is 3. The Bertz CT molecular complexity index is 394. The van der Waals surface area contributed by atoms with Crippen LogP contribution in [0.15, 0.2) is 24.3 Å². The number of nitrogens with one attached hydrogen (secondary N) is 1. The molecule has 2 nitrogen and oxygen atoms in total. The molecule has 100 valence electrons. The van der Waals surface area contributed by atoms with Crippen LogP contribution in [-0.4, -0.2) is 12.1 Å². The average molecular weight is 246 g/mol. The van der Waals surface area contributed by atoms with E-state index in [1.807, 2.05) is 0 Å². The molecule has 1 atom stereocenters. The normalized spacial score (nSPS) is 26.9. The van der Waals surface area contributed by atoms with Crippen LogP contribution in [0.2, 0.25) is 0 Å². The molecule has 18 heavy (non-hydrogen) atoms. The van der Waals surface area contributed by atoms with Crippen LogP contribution < -0.4 is 11.1 Å². The van der Waals surface area contributed by atoms with E-state index in [1.165, 1.54) is 30.5 Å². The standard InChI is InChI=1S/C16H26N2/c1-13-5-7-14(8-6-13)18-16(12-17)10-4-9-15(2,3)11-16/h5-8,18H,4,9-12,17H2,1-3H3. The molecule has 1 unspecified atom stereocenters. The Morgan fingerprint density at radius 1 is 1.17 bits per heavy atom. The molecular weight excluding hydrogens is 220 g/mol. The lowest BCUT2D eigenvalue weighted by Gasteiger charge is -2.45. The molecule has 3 N–H and O–H groups in total. The fourth-order valence-corrected chi connectivity index (χ4v) is 3.27. The summed E-state index contributed by atoms with van der Waals surface area (Å²) < 4.78 is 0. The van der Waals surface area contributed by atoms with Crippen molar-refractivity contribution in [2.24, 2.45) is 11.1 Å². The number of nitrogens with two attached hydrogens (primary N) is 1. The monoisotopic (exact) mass is 246 g/mol. The maximum absolute atomic E-state index is 6.07. The van der Waals surface area contributed by atoms with Crippen LogP contribution >= 0.6 is 0 Å². The zero-order valence-electron chi connectivity index (χ0n) is 11.9. The van der Waals surface area contributed by atoms with Gasteiger partial charge in [0.25, 0.3) is 0 Å². The highest BCUT2D eigenvalue weighted by Crippen LogP contribution is 2.42. The molecule has 0 bridgehead atoms. The number of hydrogen-bond donors (Lipinski definition) is 2. The zero-order valence-corrected chi connectivity index (χ0v) is 11.9. The van der Waals surface area contributed by atoms with Crippen molar-refractivity contribution >= 4 is 5.69 Å². The maximum Gasteiger partial charge on any atom is 0.0500 e. The van der Waals surface area contributed by atoms with Crippen molar-refractivity contribution in [3.05, 3.63) is 29.8 Å². The first kappa shape index (κ1) is 13.4. The van der Waals surface area contributed by atoms with E-state index >= 15 is 0 Å². The summed E-state index contributed by atoms with van der Waals surface area (Å²) >= 11 is 0. The predicted molar refractivity (Wildman–Crippen MR) is 78.8 cm³/mol. The van der Waals surface area contributed by atoms with Crippen LogP contribution in [0.4, 0.5) is 5.69 Å². The minimum atomic E-state index is 0.0804. The lowest BCUT2D eigenvalue weighted by Crippen LogP contribution is -2.50. The number of hydrogen-bond acceptors (Lipinski definition) is 2. The highest BCUT2D eigenvalue weighted by molar-refractivity contribution is 5.47. The first-order valence-corrected chi connectivity index (χ1v) is 7.00. The van der Waals surface area contributed by atoms with Crippen LogP contribution in [0, 0.1) is 12.3 Å². The SMILES string of the molecule is Cc1ccc(NC2(CN)CCCC(C)(C)C2)cc1. The minimum Gasteiger partial charge on any atom is -0.378 e. The van der Waals surface area contributed by atoms with Gasteiger partial charge >= 0.3 is 0 Å². The number of benzene rings is 1. The number of anilines is 1. The van der Waals surface area contributed by atoms with Crippen molar-refractivity contribution in [3.8, 4) is 0 Å². The summed E-state index contributed by atoms with van der Waals surface area (Å²) in [7, 11) is 0. The van der Waals surface area contributed by atoms with Crippen molar-refractivity contribution in [2.75, 3.05) is 11.9 Å². The summed E-state index contributed by atoms with van der Waals surface area (Å²) in [4.78, 5) is 0. The molecule has 0 amide bonds. The molecular formula is C16H26N2. The Kier molecular flexibility index (Phi) is 3.67. The highest BCUT2D eigenvalue weighted by atomic mass is 15.0. The summed E-state index contributed by atoms with van der Waals surface area (Å²) in [5.41, 5.74) is 9.05. The zero-order chi connectivity index (χ0) is 13.2. The quantitative estimate of drug-likeness (QED) is 0.853. The van der Waals surface area contributed by atoms with Crippen LogP contribution in [0.3, 0.4) is 0 Å². The molecule has 2 heteroatoms. The van der Waals surface area contributed by atoms with Gasteiger partial charge in [0.2, 0.25) is 0 Å². The molecule has 0 heterocycles. The van der Waals surface area contributed by atoms with Gasteiger partial charge in [-0.3, -0.25) is 0 Å². The second-order valence-electron chi connectivity index (χ2n) is 6.67. The third kappa shape index (κ3) is 3.05. The second-order valence-corrected chi connectivity index (χ2v) is 6.67. The molecule has 0 radical (unpaired) electrons. The van der Waals surface area contributed by atoms with Gasteiger partial charge in [-0.2, -0.15) is 0 Å². The van der Waals surface area contributed by atoms with Gasteiger partial charge in [0, 0.05) is 12.2 Å². The predicted octanol–water partition coefficient (Wildman–Crippen LogP) is 3.70. The average Bonchev–Trinajstić information content (AvgIpc) is 2.31. The minimum absolute atomic E-state index is 0.0804. The van der Waals surface area contributed by atoms with E-state index in [-0.39, 0.29) is 5.54 Å². The summed E-state index contributed by atoms with van der Waals surface area (Å²) in [6, 6.07) is 8.63. The largest absolute Gasteiger partial charge is 0.378 e. The van der Waals surface area contributed by atoms with Gasteiger partial charge in [-0.1, -0.05) is 38.0 Å². The van der Waals surface area contributed by atoms with Crippen molar-refractivity contribution < 1.29 is 0 Å². The lowest BCUT2D eigenvalue weighted by molar-refractivity contribution is 0.170. The highest BCUT2D eigenvalue weighted by Gasteiger charge is 2.38. The van der Waals surface area contributed by atoms with Crippen molar-refractivity contribution in [1.29, 1.82) is 0 Å². The third-order valence-electron chi connectivity index (χ3n) is 4.18. The number of aryl methyl sites for hydroxylation is 1. The van der Waals surface area contributed by atoms with Crippen LogP contribution in [0.1, 0.15) is 45.1 Å². The molecule has 1 aliphatic rings. The molecule has 1 aliphatic carbocycles. The van der Waals surface area contributed by atoms with Crippen LogP contribution in [0.25, 0.3) is 0 Å². The van der Waals surface area contributed by atoms with Gasteiger partial charge < -0.3 is 11.1 Å². The lowest BCUT2D eigenvalue weighted by atomic mass is 9.68. The molecule has 1 aromatic carbocycles. The molecule has 1 saturated carbocycles. The summed E-state index contributed by atoms with van der Waals surface area (Å²) in [6.45, 7) is 7.54. The Balaban J connectivity index is 2.15. The van der Waals surface area contributed by atoms with Crippen molar-refractivity contribution in [2.45, 2.75) is 52.0 Å². The Hall–Kier alpha value is -1.02. The van der Waals surface area contributed by atoms with E-state index < -0.39 is 0 Å². The Labute approximate surface area is 111 Å². The van der Waals surface area contributed by atoms with Crippen molar-refractivity contribution in [3.63, 3.8) is 0 Å². The van der Waals surface area contributed by atoms with E-state index in [0.717, 1.165) is 6.42 Å². The van der Waals surface area contributed by atoms with Crippen LogP contribution in [-0.2, 0) is 0 Å². The molecule has 0 spiro atoms. The van der Waals surface area contributed by atoms with Gasteiger partial charge in [-0.25, -0.2) is 0 Å². The summed E-state index contributed by atoms with van der Waals surface area (Å²) in [6.07, 6.45) is 4.92. The first-order valence-electron chi connectivity index (χ1n) is 7.00. The van der Waals surface area contributed by atoms with E-state index in [1.54, 1.807) is 0 Å². The van der Waals surface area contributed by atoms with E-state index in [9.17, 15) is 0 Å². The van der Waals surface area contributed by atoms with Gasteiger partial charge in [0.1, 0.15) is 0 Å². The van der Waals surface area contributed by atoms with Crippen molar-refractivity contribution in [1.82, 2.24) is 0 Å². The van der Waals surface area contributed by atoms with Gasteiger partial charge in [0.05, 0.1) is 5.54 Å². The topological polar surface area (TPSA) is 38.0 Å². The molecule has 1 fully saturated rings. The van der Waals surface area contributed by atoms with Gasteiger partial charge in [-0.15, -0.1) is 0 Å². The van der Waals surface area contributed by atoms with Gasteiger partial charge in [0.15, 0.2) is 0 Å². The fourth-order valence-electron chi connectivity index (χ4n) is 3.27. The molecule has 0 aromatic heterocycles. The fraction of sp³-hybridized carbons (Fsp3) is 0.625.